The minimum absolute atomic E-state index is 0. The van der Waals surface area contributed by atoms with Crippen molar-refractivity contribution >= 4 is 138 Å². The first-order valence-corrected chi connectivity index (χ1v) is 31.9. The van der Waals surface area contributed by atoms with Gasteiger partial charge in [0.2, 0.25) is 0 Å². The number of hydrogen-bond donors (Lipinski definition) is 0. The van der Waals surface area contributed by atoms with Crippen LogP contribution < -0.4 is 39.4 Å². The number of carbonyl (C=O) groups excluding carboxylic acids is 8. The first-order valence-electron chi connectivity index (χ1n) is 30.4. The number of carboxylic acid groups (broad SMARTS) is 4. The average molecular weight is 1550 g/mol. The monoisotopic (exact) mass is 1550 g/mol. The van der Waals surface area contributed by atoms with E-state index in [0.29, 0.717) is 154 Å². The Bertz CT molecular complexity index is 4550. The first-order chi connectivity index (χ1) is 47.7. The van der Waals surface area contributed by atoms with Gasteiger partial charge < -0.3 is 58.6 Å². The van der Waals surface area contributed by atoms with Gasteiger partial charge in [0.15, 0.2) is 0 Å². The number of nitrogens with zero attached hydrogens (tertiary/aromatic N) is 4. The summed E-state index contributed by atoms with van der Waals surface area (Å²) in [5.41, 5.74) is 8.72. The van der Waals surface area contributed by atoms with E-state index in [1.807, 2.05) is 0 Å². The summed E-state index contributed by atoms with van der Waals surface area (Å²) in [6.45, 7) is 6.88. The molecule has 4 heterocycles. The number of hydrogen-bond acceptors (Lipinski definition) is 16. The Hall–Kier alpha value is -10.1. The molecule has 20 nitrogen and oxygen atoms in total. The number of halogens is 4. The van der Waals surface area contributed by atoms with E-state index in [0.717, 1.165) is 0 Å². The number of carbonyl (C=O) groups is 8. The van der Waals surface area contributed by atoms with Crippen molar-refractivity contribution in [1.29, 1.82) is 0 Å². The van der Waals surface area contributed by atoms with Gasteiger partial charge in [0.05, 0.1) is 50.5 Å². The Morgan fingerprint density at radius 2 is 0.461 bits per heavy atom. The molecule has 2 radical (unpaired) electrons. The Labute approximate surface area is 625 Å². The predicted molar refractivity (Wildman–Crippen MR) is 372 cm³/mol. The molecule has 26 heteroatoms. The first kappa shape index (κ1) is 79.2. The number of benzene rings is 8. The third-order valence-electron chi connectivity index (χ3n) is 16.6. The van der Waals surface area contributed by atoms with Crippen molar-refractivity contribution in [3.63, 3.8) is 0 Å². The largest absolute Gasteiger partial charge is 2.00 e. The van der Waals surface area contributed by atoms with E-state index in [1.165, 1.54) is 46.7 Å². The molecule has 4 aromatic heterocycles. The Balaban J connectivity index is 0.000000189. The summed E-state index contributed by atoms with van der Waals surface area (Å²) in [4.78, 5) is 96.5. The van der Waals surface area contributed by atoms with E-state index in [2.05, 4.69) is 0 Å². The van der Waals surface area contributed by atoms with Crippen LogP contribution in [0.15, 0.2) is 170 Å². The summed E-state index contributed by atoms with van der Waals surface area (Å²) in [6.07, 6.45) is -1.13. The van der Waals surface area contributed by atoms with Crippen LogP contribution in [-0.2, 0) is 79.0 Å². The minimum atomic E-state index is -1.20. The molecule has 0 amide bonds. The molecule has 0 aliphatic heterocycles. The van der Waals surface area contributed by atoms with E-state index in [1.54, 1.807) is 198 Å². The maximum absolute atomic E-state index is 13.0. The molecule has 8 aromatic carbocycles. The zero-order valence-electron chi connectivity index (χ0n) is 55.4. The summed E-state index contributed by atoms with van der Waals surface area (Å²) < 4.78 is 26.9. The Kier molecular flexibility index (Phi) is 26.8. The summed E-state index contributed by atoms with van der Waals surface area (Å²) in [7, 11) is 6.12. The van der Waals surface area contributed by atoms with E-state index in [4.69, 9.17) is 65.4 Å². The van der Waals surface area contributed by atoms with Crippen molar-refractivity contribution in [2.75, 3.05) is 28.4 Å². The second-order valence-corrected chi connectivity index (χ2v) is 24.3. The predicted octanol–water partition coefficient (Wildman–Crippen LogP) is 10.4. The van der Waals surface area contributed by atoms with Gasteiger partial charge in [-0.15, -0.1) is 0 Å². The molecule has 0 fully saturated rings. The number of aromatic nitrogens is 4. The molecule has 0 unspecified atom stereocenters. The molecular formula is C76H60Cl4Cu2N4O16. The quantitative estimate of drug-likeness (QED) is 0.0813. The maximum atomic E-state index is 13.0. The van der Waals surface area contributed by atoms with Crippen LogP contribution in [-0.4, -0.2) is 94.2 Å². The molecule has 0 bridgehead atoms. The molecule has 0 spiro atoms. The van der Waals surface area contributed by atoms with Gasteiger partial charge in [0, 0.05) is 136 Å². The van der Waals surface area contributed by atoms with Crippen molar-refractivity contribution in [2.24, 2.45) is 0 Å². The third-order valence-corrected chi connectivity index (χ3v) is 17.6. The molecule has 12 rings (SSSR count). The van der Waals surface area contributed by atoms with E-state index < -0.39 is 23.9 Å². The van der Waals surface area contributed by atoms with Crippen LogP contribution >= 0.6 is 46.4 Å². The van der Waals surface area contributed by atoms with Gasteiger partial charge in [0.1, 0.15) is 23.0 Å². The number of ether oxygens (including phenoxy) is 4. The maximum Gasteiger partial charge on any atom is 2.00 e. The van der Waals surface area contributed by atoms with Crippen LogP contribution in [0.1, 0.15) is 86.5 Å². The van der Waals surface area contributed by atoms with Crippen LogP contribution in [0.5, 0.6) is 23.0 Å². The molecule has 0 N–H and O–H groups in total. The van der Waals surface area contributed by atoms with Gasteiger partial charge in [-0.2, -0.15) is 0 Å². The fourth-order valence-electron chi connectivity index (χ4n) is 11.8. The molecule has 102 heavy (non-hydrogen) atoms. The summed E-state index contributed by atoms with van der Waals surface area (Å²) in [5.74, 6) is -3.50. The molecule has 12 aromatic rings. The summed E-state index contributed by atoms with van der Waals surface area (Å²) >= 11 is 23.5. The summed E-state index contributed by atoms with van der Waals surface area (Å²) in [5, 5.41) is 49.4. The van der Waals surface area contributed by atoms with E-state index in [-0.39, 0.29) is 83.4 Å². The topological polar surface area (TPSA) is 285 Å². The van der Waals surface area contributed by atoms with Crippen molar-refractivity contribution in [1.82, 2.24) is 18.3 Å². The van der Waals surface area contributed by atoms with Crippen molar-refractivity contribution < 1.29 is 112 Å². The molecule has 0 aliphatic rings. The minimum Gasteiger partial charge on any atom is -0.550 e. The van der Waals surface area contributed by atoms with Crippen LogP contribution in [0.25, 0.3) is 43.6 Å². The number of methoxy groups -OCH3 is 4. The fraction of sp³-hybridized carbons (Fsp3) is 0.158. The third kappa shape index (κ3) is 17.4. The summed E-state index contributed by atoms with van der Waals surface area (Å²) in [6, 6.07) is 47.0. The number of fused-ring (bicyclic) bond motifs is 4. The van der Waals surface area contributed by atoms with Crippen molar-refractivity contribution in [3.8, 4) is 23.0 Å². The van der Waals surface area contributed by atoms with E-state index in [9.17, 15) is 58.8 Å². The molecule has 0 atom stereocenters. The second kappa shape index (κ2) is 34.5. The zero-order chi connectivity index (χ0) is 72.5. The van der Waals surface area contributed by atoms with Crippen molar-refractivity contribution in [2.45, 2.75) is 53.4 Å². The molecular weight excluding hydrogens is 1490 g/mol. The standard InChI is InChI=1S/4C19H16ClNO4.2Cu/c4*1-11-15(10-18(22)23)16-9-14(25-2)7-8-17(16)21(11)19(24)12-3-5-13(20)6-4-12;;/h4*3-9H,10H2,1-2H3,(H,22,23);;/q;;;;2*+2/p-4. The fourth-order valence-corrected chi connectivity index (χ4v) is 12.3. The number of aliphatic carboxylic acids is 4. The second-order valence-electron chi connectivity index (χ2n) is 22.6. The molecule has 0 saturated carbocycles. The molecule has 530 valence electrons. The van der Waals surface area contributed by atoms with Crippen LogP contribution in [0.3, 0.4) is 0 Å². The van der Waals surface area contributed by atoms with Gasteiger partial charge in [-0.05, 0) is 220 Å². The Morgan fingerprint density at radius 3 is 0.608 bits per heavy atom. The van der Waals surface area contributed by atoms with Crippen LogP contribution in [0.2, 0.25) is 20.1 Å². The number of carboxylic acids is 4. The molecule has 0 saturated heterocycles. The molecule has 0 aliphatic carbocycles. The Morgan fingerprint density at radius 1 is 0.294 bits per heavy atom. The van der Waals surface area contributed by atoms with Gasteiger partial charge in [-0.3, -0.25) is 37.4 Å². The van der Waals surface area contributed by atoms with Gasteiger partial charge in [-0.25, -0.2) is 0 Å². The zero-order valence-corrected chi connectivity index (χ0v) is 60.3. The SMILES string of the molecule is COc1ccc2c(c1)c(CC(=O)[O-])c(C)n2C(=O)c1ccc(Cl)cc1.COc1ccc2c(c1)c(CC(=O)[O-])c(C)n2C(=O)c1ccc(Cl)cc1.COc1ccc2c(c1)c(CC(=O)[O-])c(C)n2C(=O)c1ccc(Cl)cc1.COc1ccc2c(c1)c(CC(=O)[O-])c(C)n2C(=O)c1ccc(Cl)cc1.[Cu+2].[Cu+2]. The van der Waals surface area contributed by atoms with Crippen LogP contribution in [0.4, 0.5) is 0 Å². The van der Waals surface area contributed by atoms with Gasteiger partial charge >= 0.3 is 34.1 Å². The van der Waals surface area contributed by atoms with Crippen molar-refractivity contribution in [3.05, 3.63) is 257 Å². The van der Waals surface area contributed by atoms with Gasteiger partial charge in [-0.1, -0.05) is 46.4 Å². The van der Waals surface area contributed by atoms with Gasteiger partial charge in [0.25, 0.3) is 23.6 Å². The van der Waals surface area contributed by atoms with Crippen LogP contribution in [0, 0.1) is 27.7 Å². The average Bonchev–Trinajstić information content (AvgIpc) is 1.63. The van der Waals surface area contributed by atoms with E-state index >= 15 is 0 Å². The smallest absolute Gasteiger partial charge is 0.550 e. The number of rotatable bonds is 16. The normalized spacial score (nSPS) is 10.6.